The van der Waals surface area contributed by atoms with Crippen LogP contribution >= 0.6 is 0 Å². The number of hydrogen-bond donors (Lipinski definition) is 1. The molecule has 0 fully saturated rings. The Kier molecular flexibility index (Phi) is 3.77. The van der Waals surface area contributed by atoms with Crippen molar-refractivity contribution in [3.8, 4) is 0 Å². The lowest BCUT2D eigenvalue weighted by Crippen LogP contribution is -2.34. The van der Waals surface area contributed by atoms with E-state index in [-0.39, 0.29) is 11.3 Å². The Labute approximate surface area is 101 Å². The van der Waals surface area contributed by atoms with Gasteiger partial charge in [-0.2, -0.15) is 0 Å². The first-order valence-electron chi connectivity index (χ1n) is 5.08. The Morgan fingerprint density at radius 3 is 2.29 bits per heavy atom. The van der Waals surface area contributed by atoms with Crippen LogP contribution < -0.4 is 4.31 Å². The van der Waals surface area contributed by atoms with E-state index < -0.39 is 21.2 Å². The molecule has 0 aliphatic heterocycles. The van der Waals surface area contributed by atoms with Crippen molar-refractivity contribution < 1.29 is 18.3 Å². The summed E-state index contributed by atoms with van der Waals surface area (Å²) in [7, 11) is -2.16. The minimum Gasteiger partial charge on any atom is -0.478 e. The third-order valence-corrected chi connectivity index (χ3v) is 4.60. The first kappa shape index (κ1) is 13.5. The van der Waals surface area contributed by atoms with Crippen LogP contribution in [-0.2, 0) is 10.0 Å². The summed E-state index contributed by atoms with van der Waals surface area (Å²) in [5.41, 5.74) is 0.146. The minimum atomic E-state index is -3.52. The summed E-state index contributed by atoms with van der Waals surface area (Å²) in [5, 5.41) is 8.39. The Balaban J connectivity index is 3.31. The van der Waals surface area contributed by atoms with Crippen molar-refractivity contribution in [3.63, 3.8) is 0 Å². The maximum absolute atomic E-state index is 11.9. The monoisotopic (exact) mass is 257 g/mol. The number of sulfonamides is 1. The van der Waals surface area contributed by atoms with Crippen LogP contribution in [0.25, 0.3) is 0 Å². The van der Waals surface area contributed by atoms with Gasteiger partial charge in [-0.05, 0) is 26.0 Å². The lowest BCUT2D eigenvalue weighted by molar-refractivity contribution is 0.0698. The van der Waals surface area contributed by atoms with Gasteiger partial charge in [-0.3, -0.25) is 4.31 Å². The van der Waals surface area contributed by atoms with Crippen LogP contribution in [0.4, 0.5) is 5.69 Å². The van der Waals surface area contributed by atoms with Gasteiger partial charge in [-0.15, -0.1) is 0 Å². The average Bonchev–Trinajstić information content (AvgIpc) is 2.27. The number of carbonyl (C=O) groups is 1. The topological polar surface area (TPSA) is 74.7 Å². The van der Waals surface area contributed by atoms with Crippen molar-refractivity contribution in [3.05, 3.63) is 29.8 Å². The largest absolute Gasteiger partial charge is 0.478 e. The van der Waals surface area contributed by atoms with Crippen LogP contribution in [0, 0.1) is 0 Å². The van der Waals surface area contributed by atoms with E-state index in [2.05, 4.69) is 0 Å². The summed E-state index contributed by atoms with van der Waals surface area (Å²) in [6.07, 6.45) is 0. The molecule has 0 aromatic heterocycles. The van der Waals surface area contributed by atoms with E-state index in [0.717, 1.165) is 4.31 Å². The number of carboxylic acids is 1. The first-order valence-corrected chi connectivity index (χ1v) is 6.59. The number of para-hydroxylation sites is 1. The Hall–Kier alpha value is -1.56. The molecule has 0 aliphatic carbocycles. The summed E-state index contributed by atoms with van der Waals surface area (Å²) in [4.78, 5) is 11.0. The molecule has 0 spiro atoms. The smallest absolute Gasteiger partial charge is 0.337 e. The highest BCUT2D eigenvalue weighted by atomic mass is 32.2. The van der Waals surface area contributed by atoms with E-state index in [1.165, 1.54) is 19.2 Å². The second kappa shape index (κ2) is 4.75. The third-order valence-electron chi connectivity index (χ3n) is 2.45. The van der Waals surface area contributed by atoms with Crippen molar-refractivity contribution in [2.45, 2.75) is 19.1 Å². The number of carboxylic acid groups (broad SMARTS) is 1. The molecular formula is C11H15NO4S. The fourth-order valence-corrected chi connectivity index (χ4v) is 2.45. The SMILES string of the molecule is CC(C)S(=O)(=O)N(C)c1ccccc1C(=O)O. The van der Waals surface area contributed by atoms with Gasteiger partial charge in [0, 0.05) is 7.05 Å². The van der Waals surface area contributed by atoms with Gasteiger partial charge in [0.1, 0.15) is 0 Å². The van der Waals surface area contributed by atoms with Gasteiger partial charge in [0.05, 0.1) is 16.5 Å². The van der Waals surface area contributed by atoms with Crippen molar-refractivity contribution in [2.75, 3.05) is 11.4 Å². The van der Waals surface area contributed by atoms with Crippen LogP contribution in [0.3, 0.4) is 0 Å². The van der Waals surface area contributed by atoms with E-state index in [1.54, 1.807) is 26.0 Å². The lowest BCUT2D eigenvalue weighted by Gasteiger charge is -2.23. The average molecular weight is 257 g/mol. The Bertz CT molecular complexity index is 522. The number of anilines is 1. The summed E-state index contributed by atoms with van der Waals surface area (Å²) in [6.45, 7) is 3.10. The second-order valence-electron chi connectivity index (χ2n) is 3.88. The van der Waals surface area contributed by atoms with Gasteiger partial charge in [0.25, 0.3) is 0 Å². The van der Waals surface area contributed by atoms with Gasteiger partial charge in [-0.25, -0.2) is 13.2 Å². The van der Waals surface area contributed by atoms with Crippen molar-refractivity contribution in [2.24, 2.45) is 0 Å². The standard InChI is InChI=1S/C11H15NO4S/c1-8(2)17(15,16)12(3)10-7-5-4-6-9(10)11(13)14/h4-8H,1-3H3,(H,13,14). The summed E-state index contributed by atoms with van der Waals surface area (Å²) in [6, 6.07) is 6.02. The molecule has 1 aromatic rings. The van der Waals surface area contributed by atoms with Crippen LogP contribution in [0.15, 0.2) is 24.3 Å². The zero-order valence-electron chi connectivity index (χ0n) is 9.91. The van der Waals surface area contributed by atoms with Crippen LogP contribution in [0.1, 0.15) is 24.2 Å². The van der Waals surface area contributed by atoms with Gasteiger partial charge in [0.15, 0.2) is 0 Å². The predicted molar refractivity (Wildman–Crippen MR) is 65.9 cm³/mol. The van der Waals surface area contributed by atoms with Gasteiger partial charge in [0.2, 0.25) is 10.0 Å². The van der Waals surface area contributed by atoms with E-state index in [1.807, 2.05) is 0 Å². The summed E-state index contributed by atoms with van der Waals surface area (Å²) in [5.74, 6) is -1.15. The maximum atomic E-state index is 11.9. The fourth-order valence-electron chi connectivity index (χ4n) is 1.38. The highest BCUT2D eigenvalue weighted by Gasteiger charge is 2.25. The Morgan fingerprint density at radius 1 is 1.29 bits per heavy atom. The number of aromatic carboxylic acids is 1. The normalized spacial score (nSPS) is 11.5. The quantitative estimate of drug-likeness (QED) is 0.888. The summed E-state index contributed by atoms with van der Waals surface area (Å²) >= 11 is 0. The molecule has 0 bridgehead atoms. The number of rotatable bonds is 4. The molecule has 1 aromatic carbocycles. The molecule has 1 N–H and O–H groups in total. The zero-order chi connectivity index (χ0) is 13.2. The van der Waals surface area contributed by atoms with Crippen LogP contribution in [0.2, 0.25) is 0 Å². The molecule has 0 aliphatic rings. The second-order valence-corrected chi connectivity index (χ2v) is 6.40. The molecule has 0 radical (unpaired) electrons. The highest BCUT2D eigenvalue weighted by molar-refractivity contribution is 7.93. The maximum Gasteiger partial charge on any atom is 0.337 e. The van der Waals surface area contributed by atoms with E-state index >= 15 is 0 Å². The molecule has 0 atom stereocenters. The minimum absolute atomic E-state index is 0.0285. The molecule has 5 nitrogen and oxygen atoms in total. The molecular weight excluding hydrogens is 242 g/mol. The third kappa shape index (κ3) is 2.58. The van der Waals surface area contributed by atoms with Crippen LogP contribution in [0.5, 0.6) is 0 Å². The summed E-state index contributed by atoms with van der Waals surface area (Å²) < 4.78 is 24.9. The molecule has 0 saturated heterocycles. The molecule has 0 amide bonds. The molecule has 6 heteroatoms. The number of benzene rings is 1. The first-order chi connectivity index (χ1) is 7.78. The van der Waals surface area contributed by atoms with Crippen molar-refractivity contribution >= 4 is 21.7 Å². The highest BCUT2D eigenvalue weighted by Crippen LogP contribution is 2.23. The van der Waals surface area contributed by atoms with Crippen molar-refractivity contribution in [1.82, 2.24) is 0 Å². The van der Waals surface area contributed by atoms with Gasteiger partial charge < -0.3 is 5.11 Å². The number of hydrogen-bond acceptors (Lipinski definition) is 3. The predicted octanol–water partition coefficient (Wildman–Crippen LogP) is 1.56. The van der Waals surface area contributed by atoms with Crippen LogP contribution in [-0.4, -0.2) is 31.8 Å². The molecule has 1 rings (SSSR count). The number of nitrogens with zero attached hydrogens (tertiary/aromatic N) is 1. The van der Waals surface area contributed by atoms with Crippen molar-refractivity contribution in [1.29, 1.82) is 0 Å². The molecule has 0 heterocycles. The lowest BCUT2D eigenvalue weighted by atomic mass is 10.2. The zero-order valence-corrected chi connectivity index (χ0v) is 10.7. The molecule has 17 heavy (non-hydrogen) atoms. The van der Waals surface area contributed by atoms with E-state index in [0.29, 0.717) is 0 Å². The van der Waals surface area contributed by atoms with Gasteiger partial charge >= 0.3 is 5.97 Å². The van der Waals surface area contributed by atoms with E-state index in [4.69, 9.17) is 5.11 Å². The molecule has 0 unspecified atom stereocenters. The fraction of sp³-hybridized carbons (Fsp3) is 0.364. The Morgan fingerprint density at radius 2 is 1.82 bits per heavy atom. The molecule has 0 saturated carbocycles. The van der Waals surface area contributed by atoms with E-state index in [9.17, 15) is 13.2 Å². The molecule has 94 valence electrons. The van der Waals surface area contributed by atoms with Gasteiger partial charge in [-0.1, -0.05) is 12.1 Å².